The number of hydrogen-bond acceptors (Lipinski definition) is 2. The summed E-state index contributed by atoms with van der Waals surface area (Å²) < 4.78 is 14.2. The van der Waals surface area contributed by atoms with Gasteiger partial charge in [-0.15, -0.1) is 0 Å². The molecule has 0 saturated heterocycles. The molecule has 0 bridgehead atoms. The van der Waals surface area contributed by atoms with Gasteiger partial charge in [0.15, 0.2) is 0 Å². The predicted molar refractivity (Wildman–Crippen MR) is 117 cm³/mol. The van der Waals surface area contributed by atoms with E-state index in [-0.39, 0.29) is 11.9 Å². The maximum absolute atomic E-state index is 14.2. The smallest absolute Gasteiger partial charge is 0.258 e. The molecule has 1 amide bonds. The number of amides is 1. The SMILES string of the molecule is CCc1ccc(C(=O)N2c3ccc(F)cc3C(O)(Cc3ccccc3)CC2C)cc1. The van der Waals surface area contributed by atoms with Gasteiger partial charge in [0.1, 0.15) is 5.82 Å². The lowest BCUT2D eigenvalue weighted by atomic mass is 9.77. The molecule has 2 atom stereocenters. The predicted octanol–water partition coefficient (Wildman–Crippen LogP) is 5.26. The van der Waals surface area contributed by atoms with Crippen LogP contribution in [0.5, 0.6) is 0 Å². The summed E-state index contributed by atoms with van der Waals surface area (Å²) in [4.78, 5) is 15.1. The highest BCUT2D eigenvalue weighted by molar-refractivity contribution is 6.07. The van der Waals surface area contributed by atoms with E-state index in [9.17, 15) is 14.3 Å². The molecule has 0 aliphatic carbocycles. The van der Waals surface area contributed by atoms with Gasteiger partial charge in [-0.2, -0.15) is 0 Å². The van der Waals surface area contributed by atoms with Crippen LogP contribution in [-0.2, 0) is 18.4 Å². The normalized spacial score (nSPS) is 20.7. The Morgan fingerprint density at radius 3 is 2.43 bits per heavy atom. The number of benzene rings is 3. The van der Waals surface area contributed by atoms with Crippen LogP contribution in [0.25, 0.3) is 0 Å². The number of fused-ring (bicyclic) bond motifs is 1. The van der Waals surface area contributed by atoms with Crippen molar-refractivity contribution in [3.8, 4) is 0 Å². The van der Waals surface area contributed by atoms with E-state index in [2.05, 4.69) is 6.92 Å². The van der Waals surface area contributed by atoms with E-state index in [1.165, 1.54) is 12.1 Å². The summed E-state index contributed by atoms with van der Waals surface area (Å²) in [5, 5.41) is 11.6. The first-order valence-corrected chi connectivity index (χ1v) is 10.4. The minimum atomic E-state index is -1.25. The van der Waals surface area contributed by atoms with Gasteiger partial charge in [-0.1, -0.05) is 49.4 Å². The van der Waals surface area contributed by atoms with Gasteiger partial charge in [0.05, 0.1) is 11.3 Å². The maximum atomic E-state index is 14.2. The van der Waals surface area contributed by atoms with Crippen LogP contribution in [-0.4, -0.2) is 17.1 Å². The number of aliphatic hydroxyl groups is 1. The van der Waals surface area contributed by atoms with Crippen LogP contribution >= 0.6 is 0 Å². The van der Waals surface area contributed by atoms with Crippen molar-refractivity contribution in [2.75, 3.05) is 4.90 Å². The summed E-state index contributed by atoms with van der Waals surface area (Å²) in [5.74, 6) is -0.561. The molecular weight excluding hydrogens is 377 g/mol. The summed E-state index contributed by atoms with van der Waals surface area (Å²) in [6.07, 6.45) is 1.60. The van der Waals surface area contributed by atoms with Gasteiger partial charge in [0, 0.05) is 30.0 Å². The molecule has 154 valence electrons. The lowest BCUT2D eigenvalue weighted by Gasteiger charge is -2.44. The number of aryl methyl sites for hydroxylation is 1. The molecule has 0 aromatic heterocycles. The topological polar surface area (TPSA) is 40.5 Å². The molecule has 0 fully saturated rings. The molecule has 30 heavy (non-hydrogen) atoms. The second-order valence-corrected chi connectivity index (χ2v) is 8.13. The molecule has 1 N–H and O–H groups in total. The number of rotatable bonds is 4. The third-order valence-corrected chi connectivity index (χ3v) is 5.96. The second-order valence-electron chi connectivity index (χ2n) is 8.13. The highest BCUT2D eigenvalue weighted by Gasteiger charge is 2.43. The van der Waals surface area contributed by atoms with Gasteiger partial charge < -0.3 is 10.0 Å². The van der Waals surface area contributed by atoms with Gasteiger partial charge in [-0.25, -0.2) is 4.39 Å². The minimum Gasteiger partial charge on any atom is -0.385 e. The van der Waals surface area contributed by atoms with Crippen LogP contribution in [0.1, 0.15) is 47.3 Å². The summed E-state index contributed by atoms with van der Waals surface area (Å²) in [5.41, 5.74) is 2.50. The fraction of sp³-hybridized carbons (Fsp3) is 0.269. The quantitative estimate of drug-likeness (QED) is 0.646. The molecule has 1 heterocycles. The lowest BCUT2D eigenvalue weighted by Crippen LogP contribution is -2.49. The Morgan fingerprint density at radius 2 is 1.77 bits per heavy atom. The summed E-state index contributed by atoms with van der Waals surface area (Å²) in [6, 6.07) is 21.3. The van der Waals surface area contributed by atoms with Gasteiger partial charge >= 0.3 is 0 Å². The van der Waals surface area contributed by atoms with Crippen molar-refractivity contribution < 1.29 is 14.3 Å². The highest BCUT2D eigenvalue weighted by atomic mass is 19.1. The Kier molecular flexibility index (Phi) is 5.44. The number of hydrogen-bond donors (Lipinski definition) is 1. The summed E-state index contributed by atoms with van der Waals surface area (Å²) in [6.45, 7) is 4.00. The van der Waals surface area contributed by atoms with Crippen LogP contribution in [0.2, 0.25) is 0 Å². The molecule has 1 aliphatic rings. The summed E-state index contributed by atoms with van der Waals surface area (Å²) >= 11 is 0. The van der Waals surface area contributed by atoms with Gasteiger partial charge in [0.2, 0.25) is 0 Å². The number of anilines is 1. The number of carbonyl (C=O) groups is 1. The minimum absolute atomic E-state index is 0.139. The fourth-order valence-electron chi connectivity index (χ4n) is 4.45. The molecule has 3 aromatic rings. The third-order valence-electron chi connectivity index (χ3n) is 5.96. The molecule has 3 nitrogen and oxygen atoms in total. The van der Waals surface area contributed by atoms with Crippen molar-refractivity contribution in [3.05, 3.63) is 101 Å². The first-order valence-electron chi connectivity index (χ1n) is 10.4. The monoisotopic (exact) mass is 403 g/mol. The largest absolute Gasteiger partial charge is 0.385 e. The van der Waals surface area contributed by atoms with Crippen LogP contribution in [0.4, 0.5) is 10.1 Å². The van der Waals surface area contributed by atoms with Crippen LogP contribution in [0.15, 0.2) is 72.8 Å². The van der Waals surface area contributed by atoms with Crippen molar-refractivity contribution in [3.63, 3.8) is 0 Å². The highest BCUT2D eigenvalue weighted by Crippen LogP contribution is 2.44. The Balaban J connectivity index is 1.75. The van der Waals surface area contributed by atoms with Crippen molar-refractivity contribution in [2.45, 2.75) is 44.8 Å². The average molecular weight is 403 g/mol. The number of halogens is 1. The third kappa shape index (κ3) is 3.75. The fourth-order valence-corrected chi connectivity index (χ4v) is 4.45. The van der Waals surface area contributed by atoms with E-state index < -0.39 is 11.4 Å². The van der Waals surface area contributed by atoms with Crippen LogP contribution < -0.4 is 4.90 Å². The Labute approximate surface area is 176 Å². The molecule has 4 heteroatoms. The van der Waals surface area contributed by atoms with E-state index in [0.29, 0.717) is 29.7 Å². The van der Waals surface area contributed by atoms with Crippen LogP contribution in [0, 0.1) is 5.82 Å². The zero-order valence-electron chi connectivity index (χ0n) is 17.3. The van der Waals surface area contributed by atoms with E-state index in [1.54, 1.807) is 11.0 Å². The van der Waals surface area contributed by atoms with E-state index in [4.69, 9.17) is 0 Å². The van der Waals surface area contributed by atoms with Gasteiger partial charge in [-0.05, 0) is 54.8 Å². The van der Waals surface area contributed by atoms with Crippen molar-refractivity contribution in [1.82, 2.24) is 0 Å². The van der Waals surface area contributed by atoms with Crippen molar-refractivity contribution in [2.24, 2.45) is 0 Å². The first kappa shape index (κ1) is 20.3. The van der Waals surface area contributed by atoms with E-state index >= 15 is 0 Å². The lowest BCUT2D eigenvalue weighted by molar-refractivity contribution is 0.0163. The number of nitrogens with zero attached hydrogens (tertiary/aromatic N) is 1. The molecule has 1 aliphatic heterocycles. The summed E-state index contributed by atoms with van der Waals surface area (Å²) in [7, 11) is 0. The maximum Gasteiger partial charge on any atom is 0.258 e. The standard InChI is InChI=1S/C26H26FNO2/c1-3-19-9-11-21(12-10-19)25(29)28-18(2)16-26(30,17-20-7-5-4-6-8-20)23-15-22(27)13-14-24(23)28/h4-15,18,30H,3,16-17H2,1-2H3. The zero-order chi connectivity index (χ0) is 21.3. The second kappa shape index (κ2) is 8.04. The Morgan fingerprint density at radius 1 is 1.07 bits per heavy atom. The molecule has 0 spiro atoms. The Hall–Kier alpha value is -2.98. The molecule has 2 unspecified atom stereocenters. The first-order chi connectivity index (χ1) is 14.4. The van der Waals surface area contributed by atoms with E-state index in [1.807, 2.05) is 61.5 Å². The molecule has 0 radical (unpaired) electrons. The van der Waals surface area contributed by atoms with Gasteiger partial charge in [-0.3, -0.25) is 4.79 Å². The molecular formula is C26H26FNO2. The zero-order valence-corrected chi connectivity index (χ0v) is 17.3. The van der Waals surface area contributed by atoms with Crippen molar-refractivity contribution in [1.29, 1.82) is 0 Å². The van der Waals surface area contributed by atoms with E-state index in [0.717, 1.165) is 17.5 Å². The number of carbonyl (C=O) groups excluding carboxylic acids is 1. The average Bonchev–Trinajstić information content (AvgIpc) is 2.75. The van der Waals surface area contributed by atoms with Gasteiger partial charge in [0.25, 0.3) is 5.91 Å². The van der Waals surface area contributed by atoms with Crippen LogP contribution in [0.3, 0.4) is 0 Å². The Bertz CT molecular complexity index is 1050. The molecule has 4 rings (SSSR count). The van der Waals surface area contributed by atoms with Crippen molar-refractivity contribution >= 4 is 11.6 Å². The molecule has 0 saturated carbocycles. The molecule has 3 aromatic carbocycles.